The fourth-order valence-electron chi connectivity index (χ4n) is 5.13. The molecule has 1 saturated carbocycles. The molecule has 1 aliphatic carbocycles. The number of halogens is 3. The van der Waals surface area contributed by atoms with Gasteiger partial charge in [0, 0.05) is 50.9 Å². The topological polar surface area (TPSA) is 143 Å². The normalized spacial score (nSPS) is 21.1. The predicted octanol–water partition coefficient (Wildman–Crippen LogP) is 3.44. The minimum Gasteiger partial charge on any atom is -0.405 e. The summed E-state index contributed by atoms with van der Waals surface area (Å²) in [6.45, 7) is 2.77. The van der Waals surface area contributed by atoms with E-state index in [9.17, 15) is 31.7 Å². The number of ether oxygens (including phenoxy) is 1. The molecule has 0 radical (unpaired) electrons. The molecule has 2 fully saturated rings. The Balaban J connectivity index is 1.31. The van der Waals surface area contributed by atoms with E-state index in [0.29, 0.717) is 38.8 Å². The molecule has 2 heterocycles. The maximum absolute atomic E-state index is 12.7. The molecule has 0 spiro atoms. The van der Waals surface area contributed by atoms with Gasteiger partial charge in [-0.1, -0.05) is 18.2 Å². The predicted molar refractivity (Wildman–Crippen MR) is 141 cm³/mol. The molecule has 12 nitrogen and oxygen atoms in total. The summed E-state index contributed by atoms with van der Waals surface area (Å²) in [7, 11) is -3.17. The minimum atomic E-state index is -4.84. The van der Waals surface area contributed by atoms with Gasteiger partial charge in [-0.3, -0.25) is 15.0 Å². The van der Waals surface area contributed by atoms with Gasteiger partial charge in [0.15, 0.2) is 0 Å². The second kappa shape index (κ2) is 12.5. The first-order valence-electron chi connectivity index (χ1n) is 12.9. The Morgan fingerprint density at radius 1 is 1.10 bits per heavy atom. The number of hydrogen-bond acceptors (Lipinski definition) is 10. The summed E-state index contributed by atoms with van der Waals surface area (Å²) in [5, 5.41) is 17.4. The van der Waals surface area contributed by atoms with Crippen LogP contribution in [-0.4, -0.2) is 83.9 Å². The van der Waals surface area contributed by atoms with Crippen molar-refractivity contribution in [1.82, 2.24) is 19.2 Å². The van der Waals surface area contributed by atoms with E-state index in [1.807, 2.05) is 0 Å². The van der Waals surface area contributed by atoms with Crippen molar-refractivity contribution in [3.8, 4) is 5.75 Å². The number of nitrogens with one attached hydrogen (secondary N) is 2. The van der Waals surface area contributed by atoms with Crippen molar-refractivity contribution in [3.05, 3.63) is 46.1 Å². The van der Waals surface area contributed by atoms with Gasteiger partial charge in [0.25, 0.3) is 0 Å². The van der Waals surface area contributed by atoms with Crippen LogP contribution in [0.3, 0.4) is 0 Å². The summed E-state index contributed by atoms with van der Waals surface area (Å²) in [6, 6.07) is 6.01. The third-order valence-corrected chi connectivity index (χ3v) is 8.54. The third kappa shape index (κ3) is 8.14. The molecule has 2 aromatic rings. The first-order chi connectivity index (χ1) is 18.9. The molecule has 0 bridgehead atoms. The number of sulfonamides is 1. The number of benzene rings is 1. The van der Waals surface area contributed by atoms with Gasteiger partial charge in [0.05, 0.1) is 11.2 Å². The maximum Gasteiger partial charge on any atom is 0.573 e. The Hall–Kier alpha value is -3.24. The molecule has 1 aromatic carbocycles. The largest absolute Gasteiger partial charge is 0.573 e. The van der Waals surface area contributed by atoms with Crippen molar-refractivity contribution < 1.29 is 31.2 Å². The van der Waals surface area contributed by atoms with Gasteiger partial charge in [-0.2, -0.15) is 9.29 Å². The SMILES string of the molecule is CS(=O)(=O)N1CCN([C@H]2CC[C@H](CNc3nc(NCc4ccccc4OC(F)(F)F)ncc3[N+](=O)[O-])CC2)CC1. The van der Waals surface area contributed by atoms with Crippen molar-refractivity contribution in [2.75, 3.05) is 49.6 Å². The minimum absolute atomic E-state index is 0.0202. The summed E-state index contributed by atoms with van der Waals surface area (Å²) >= 11 is 0. The number of aromatic nitrogens is 2. The van der Waals surface area contributed by atoms with Crippen LogP contribution in [0, 0.1) is 16.0 Å². The van der Waals surface area contributed by atoms with Crippen molar-refractivity contribution in [3.63, 3.8) is 0 Å². The quantitative estimate of drug-likeness (QED) is 0.313. The average Bonchev–Trinajstić information content (AvgIpc) is 2.90. The fourth-order valence-corrected chi connectivity index (χ4v) is 5.95. The molecular weight excluding hydrogens is 555 g/mol. The van der Waals surface area contributed by atoms with Crippen molar-refractivity contribution in [2.45, 2.75) is 44.6 Å². The van der Waals surface area contributed by atoms with Gasteiger partial charge in [-0.15, -0.1) is 13.2 Å². The molecule has 0 atom stereocenters. The number of anilines is 2. The van der Waals surface area contributed by atoms with E-state index in [0.717, 1.165) is 31.9 Å². The van der Waals surface area contributed by atoms with Crippen molar-refractivity contribution in [2.24, 2.45) is 5.92 Å². The monoisotopic (exact) mass is 587 g/mol. The standard InChI is InChI=1S/C24H32F3N7O5S/c1-40(37,38)33-12-10-32(11-13-33)19-8-6-17(7-9-19)14-28-22-20(34(35)36)16-30-23(31-22)29-15-18-4-2-3-5-21(18)39-24(25,26)27/h2-5,16-17,19H,6-15H2,1H3,(H2,28,29,30,31)/t17-,19-. The van der Waals surface area contributed by atoms with Crippen LogP contribution in [-0.2, 0) is 16.6 Å². The molecule has 4 rings (SSSR count). The zero-order valence-corrected chi connectivity index (χ0v) is 22.7. The third-order valence-electron chi connectivity index (χ3n) is 7.23. The molecule has 0 unspecified atom stereocenters. The summed E-state index contributed by atoms with van der Waals surface area (Å²) in [4.78, 5) is 21.4. The van der Waals surface area contributed by atoms with E-state index >= 15 is 0 Å². The maximum atomic E-state index is 12.7. The Morgan fingerprint density at radius 2 is 1.77 bits per heavy atom. The molecular formula is C24H32F3N7O5S. The second-order valence-corrected chi connectivity index (χ2v) is 11.9. The summed E-state index contributed by atoms with van der Waals surface area (Å²) < 4.78 is 67.2. The van der Waals surface area contributed by atoms with Crippen LogP contribution < -0.4 is 15.4 Å². The molecule has 16 heteroatoms. The van der Waals surface area contributed by atoms with E-state index < -0.39 is 21.3 Å². The fraction of sp³-hybridized carbons (Fsp3) is 0.583. The van der Waals surface area contributed by atoms with Crippen LogP contribution in [0.15, 0.2) is 30.5 Å². The smallest absolute Gasteiger partial charge is 0.405 e. The zero-order chi connectivity index (χ0) is 28.9. The molecule has 1 aromatic heterocycles. The Morgan fingerprint density at radius 3 is 2.40 bits per heavy atom. The van der Waals surface area contributed by atoms with E-state index in [4.69, 9.17) is 0 Å². The molecule has 2 N–H and O–H groups in total. The molecule has 0 amide bonds. The van der Waals surface area contributed by atoms with Crippen LogP contribution in [0.1, 0.15) is 31.2 Å². The Labute approximate surface area is 230 Å². The highest BCUT2D eigenvalue weighted by Crippen LogP contribution is 2.31. The lowest BCUT2D eigenvalue weighted by Gasteiger charge is -2.41. The number of piperazine rings is 1. The van der Waals surface area contributed by atoms with Gasteiger partial charge in [-0.05, 0) is 37.7 Å². The van der Waals surface area contributed by atoms with E-state index in [-0.39, 0.29) is 41.2 Å². The number of hydrogen-bond donors (Lipinski definition) is 2. The number of alkyl halides is 3. The highest BCUT2D eigenvalue weighted by molar-refractivity contribution is 7.88. The second-order valence-electron chi connectivity index (χ2n) is 9.95. The van der Waals surface area contributed by atoms with Crippen LogP contribution >= 0.6 is 0 Å². The van der Waals surface area contributed by atoms with Crippen molar-refractivity contribution >= 4 is 27.5 Å². The number of nitrogens with zero attached hydrogens (tertiary/aromatic N) is 5. The highest BCUT2D eigenvalue weighted by Gasteiger charge is 2.32. The average molecular weight is 588 g/mol. The summed E-state index contributed by atoms with van der Waals surface area (Å²) in [6.07, 6.45) is 1.15. The molecule has 40 heavy (non-hydrogen) atoms. The molecule has 1 aliphatic heterocycles. The summed E-state index contributed by atoms with van der Waals surface area (Å²) in [5.41, 5.74) is -0.0884. The highest BCUT2D eigenvalue weighted by atomic mass is 32.2. The van der Waals surface area contributed by atoms with Crippen LogP contribution in [0.25, 0.3) is 0 Å². The van der Waals surface area contributed by atoms with Gasteiger partial charge >= 0.3 is 12.0 Å². The lowest BCUT2D eigenvalue weighted by Crippen LogP contribution is -2.52. The van der Waals surface area contributed by atoms with E-state index in [1.165, 1.54) is 28.8 Å². The lowest BCUT2D eigenvalue weighted by atomic mass is 9.85. The van der Waals surface area contributed by atoms with Crippen LogP contribution in [0.2, 0.25) is 0 Å². The molecule has 1 saturated heterocycles. The van der Waals surface area contributed by atoms with Gasteiger partial charge in [0.2, 0.25) is 21.8 Å². The Bertz CT molecular complexity index is 1280. The van der Waals surface area contributed by atoms with Crippen molar-refractivity contribution in [1.29, 1.82) is 0 Å². The first-order valence-corrected chi connectivity index (χ1v) is 14.8. The van der Waals surface area contributed by atoms with Crippen LogP contribution in [0.5, 0.6) is 5.75 Å². The Kier molecular flexibility index (Phi) is 9.30. The summed E-state index contributed by atoms with van der Waals surface area (Å²) in [5.74, 6) is -0.0465. The van der Waals surface area contributed by atoms with Gasteiger partial charge in [-0.25, -0.2) is 13.4 Å². The first kappa shape index (κ1) is 29.7. The van der Waals surface area contributed by atoms with E-state index in [2.05, 4.69) is 30.2 Å². The number of rotatable bonds is 10. The number of nitro groups is 1. The van der Waals surface area contributed by atoms with Gasteiger partial charge in [0.1, 0.15) is 11.9 Å². The number of para-hydroxylation sites is 1. The van der Waals surface area contributed by atoms with Gasteiger partial charge < -0.3 is 15.4 Å². The zero-order valence-electron chi connectivity index (χ0n) is 21.9. The molecule has 220 valence electrons. The molecule has 2 aliphatic rings. The van der Waals surface area contributed by atoms with Crippen LogP contribution in [0.4, 0.5) is 30.6 Å². The lowest BCUT2D eigenvalue weighted by molar-refractivity contribution is -0.384. The van der Waals surface area contributed by atoms with E-state index in [1.54, 1.807) is 6.07 Å².